The summed E-state index contributed by atoms with van der Waals surface area (Å²) in [5.41, 5.74) is 2.90. The highest BCUT2D eigenvalue weighted by Gasteiger charge is 2.38. The van der Waals surface area contributed by atoms with Crippen molar-refractivity contribution in [1.29, 1.82) is 0 Å². The number of carbonyl (C=O) groups is 1. The molecule has 1 amide bonds. The first-order chi connectivity index (χ1) is 5.84. The number of carbonyl (C=O) groups excluding carboxylic acids is 1. The van der Waals surface area contributed by atoms with Crippen LogP contribution in [0.15, 0.2) is 0 Å². The van der Waals surface area contributed by atoms with Crippen molar-refractivity contribution < 1.29 is 18.0 Å². The number of halogens is 3. The number of nitrogens with two attached hydrogens (primary N) is 1. The standard InChI is InChI=1S/C6H6F3N3O/c1-2-3(5(10)13)4(12-11-2)6(7,8)9/h1H3,(H2,10,13)(H,11,12). The summed E-state index contributed by atoms with van der Waals surface area (Å²) in [4.78, 5) is 10.6. The van der Waals surface area contributed by atoms with Crippen molar-refractivity contribution in [3.8, 4) is 0 Å². The van der Waals surface area contributed by atoms with E-state index < -0.39 is 23.3 Å². The van der Waals surface area contributed by atoms with Crippen molar-refractivity contribution in [3.63, 3.8) is 0 Å². The molecule has 0 radical (unpaired) electrons. The third-order valence-corrected chi connectivity index (χ3v) is 1.46. The second kappa shape index (κ2) is 2.75. The number of nitrogens with one attached hydrogen (secondary N) is 1. The Kier molecular flexibility index (Phi) is 2.02. The quantitative estimate of drug-likeness (QED) is 0.693. The van der Waals surface area contributed by atoms with E-state index in [9.17, 15) is 18.0 Å². The monoisotopic (exact) mass is 193 g/mol. The fourth-order valence-electron chi connectivity index (χ4n) is 0.936. The number of aryl methyl sites for hydroxylation is 1. The first-order valence-electron chi connectivity index (χ1n) is 3.26. The second-order valence-corrected chi connectivity index (χ2v) is 2.43. The van der Waals surface area contributed by atoms with Crippen molar-refractivity contribution in [2.24, 2.45) is 5.73 Å². The summed E-state index contributed by atoms with van der Waals surface area (Å²) in [6.45, 7) is 1.29. The van der Waals surface area contributed by atoms with Gasteiger partial charge in [0.15, 0.2) is 5.69 Å². The van der Waals surface area contributed by atoms with Gasteiger partial charge < -0.3 is 5.73 Å². The molecule has 72 valence electrons. The molecule has 0 aliphatic heterocycles. The van der Waals surface area contributed by atoms with Crippen LogP contribution < -0.4 is 5.73 Å². The average molecular weight is 193 g/mol. The van der Waals surface area contributed by atoms with Gasteiger partial charge in [-0.1, -0.05) is 0 Å². The third kappa shape index (κ3) is 1.63. The molecular weight excluding hydrogens is 187 g/mol. The fourth-order valence-corrected chi connectivity index (χ4v) is 0.936. The summed E-state index contributed by atoms with van der Waals surface area (Å²) in [6.07, 6.45) is -4.66. The van der Waals surface area contributed by atoms with E-state index in [0.717, 1.165) is 0 Å². The van der Waals surface area contributed by atoms with Crippen molar-refractivity contribution >= 4 is 5.91 Å². The van der Waals surface area contributed by atoms with Crippen molar-refractivity contribution in [1.82, 2.24) is 10.2 Å². The minimum atomic E-state index is -4.66. The molecule has 0 saturated carbocycles. The first kappa shape index (κ1) is 9.56. The largest absolute Gasteiger partial charge is 0.435 e. The lowest BCUT2D eigenvalue weighted by Gasteiger charge is -2.03. The summed E-state index contributed by atoms with van der Waals surface area (Å²) < 4.78 is 36.4. The minimum absolute atomic E-state index is 0.0137. The molecule has 0 spiro atoms. The summed E-state index contributed by atoms with van der Waals surface area (Å²) in [7, 11) is 0. The van der Waals surface area contributed by atoms with E-state index in [1.807, 2.05) is 0 Å². The van der Waals surface area contributed by atoms with E-state index >= 15 is 0 Å². The lowest BCUT2D eigenvalue weighted by Crippen LogP contribution is -2.18. The molecule has 7 heteroatoms. The SMILES string of the molecule is Cc1[nH]nc(C(F)(F)F)c1C(N)=O. The van der Waals surface area contributed by atoms with Crippen LogP contribution in [0.4, 0.5) is 13.2 Å². The van der Waals surface area contributed by atoms with Gasteiger partial charge in [-0.15, -0.1) is 0 Å². The maximum atomic E-state index is 12.1. The van der Waals surface area contributed by atoms with Crippen LogP contribution in [0.1, 0.15) is 21.7 Å². The molecule has 0 aromatic carbocycles. The van der Waals surface area contributed by atoms with E-state index in [2.05, 4.69) is 10.2 Å². The van der Waals surface area contributed by atoms with Gasteiger partial charge in [-0.3, -0.25) is 9.89 Å². The van der Waals surface area contributed by atoms with Crippen LogP contribution >= 0.6 is 0 Å². The van der Waals surface area contributed by atoms with Crippen molar-refractivity contribution in [3.05, 3.63) is 17.0 Å². The number of rotatable bonds is 1. The topological polar surface area (TPSA) is 71.8 Å². The Bertz CT molecular complexity index is 341. The number of aromatic amines is 1. The van der Waals surface area contributed by atoms with Crippen LogP contribution in [0.5, 0.6) is 0 Å². The molecular formula is C6H6F3N3O. The van der Waals surface area contributed by atoms with Crippen LogP contribution in [-0.4, -0.2) is 16.1 Å². The van der Waals surface area contributed by atoms with E-state index in [0.29, 0.717) is 0 Å². The zero-order valence-electron chi connectivity index (χ0n) is 6.57. The molecule has 0 bridgehead atoms. The number of alkyl halides is 3. The molecule has 0 atom stereocenters. The number of aromatic nitrogens is 2. The Morgan fingerprint density at radius 2 is 2.08 bits per heavy atom. The zero-order valence-corrected chi connectivity index (χ0v) is 6.57. The van der Waals surface area contributed by atoms with Gasteiger partial charge in [-0.2, -0.15) is 18.3 Å². The van der Waals surface area contributed by atoms with Crippen molar-refractivity contribution in [2.45, 2.75) is 13.1 Å². The maximum absolute atomic E-state index is 12.1. The number of H-pyrrole nitrogens is 1. The summed E-state index contributed by atoms with van der Waals surface area (Å²) in [5, 5.41) is 5.01. The molecule has 13 heavy (non-hydrogen) atoms. The number of hydrogen-bond donors (Lipinski definition) is 2. The summed E-state index contributed by atoms with van der Waals surface area (Å²) in [5.74, 6) is -1.14. The Balaban J connectivity index is 3.31. The lowest BCUT2D eigenvalue weighted by atomic mass is 10.2. The van der Waals surface area contributed by atoms with Crippen LogP contribution in [-0.2, 0) is 6.18 Å². The summed E-state index contributed by atoms with van der Waals surface area (Å²) in [6, 6.07) is 0. The highest BCUT2D eigenvalue weighted by molar-refractivity contribution is 5.95. The molecule has 0 aliphatic rings. The number of primary amides is 1. The molecule has 4 nitrogen and oxygen atoms in total. The Hall–Kier alpha value is -1.53. The number of hydrogen-bond acceptors (Lipinski definition) is 2. The van der Waals surface area contributed by atoms with Gasteiger partial charge in [0.1, 0.15) is 0 Å². The van der Waals surface area contributed by atoms with Crippen LogP contribution in [0.2, 0.25) is 0 Å². The van der Waals surface area contributed by atoms with Gasteiger partial charge in [0.2, 0.25) is 0 Å². The van der Waals surface area contributed by atoms with E-state index in [1.54, 1.807) is 0 Å². The maximum Gasteiger partial charge on any atom is 0.435 e. The zero-order chi connectivity index (χ0) is 10.2. The van der Waals surface area contributed by atoms with Gasteiger partial charge in [0.05, 0.1) is 5.56 Å². The minimum Gasteiger partial charge on any atom is -0.365 e. The lowest BCUT2D eigenvalue weighted by molar-refractivity contribution is -0.141. The molecule has 0 unspecified atom stereocenters. The number of amides is 1. The van der Waals surface area contributed by atoms with Gasteiger partial charge in [-0.05, 0) is 6.92 Å². The molecule has 0 fully saturated rings. The fraction of sp³-hybridized carbons (Fsp3) is 0.333. The summed E-state index contributed by atoms with van der Waals surface area (Å²) >= 11 is 0. The molecule has 1 aromatic rings. The van der Waals surface area contributed by atoms with E-state index in [-0.39, 0.29) is 5.69 Å². The van der Waals surface area contributed by atoms with Gasteiger partial charge in [0, 0.05) is 5.69 Å². The van der Waals surface area contributed by atoms with Gasteiger partial charge >= 0.3 is 6.18 Å². The predicted molar refractivity (Wildman–Crippen MR) is 36.8 cm³/mol. The smallest absolute Gasteiger partial charge is 0.365 e. The third-order valence-electron chi connectivity index (χ3n) is 1.46. The van der Waals surface area contributed by atoms with Crippen LogP contribution in [0, 0.1) is 6.92 Å². The molecule has 0 aliphatic carbocycles. The predicted octanol–water partition coefficient (Wildman–Crippen LogP) is 0.836. The van der Waals surface area contributed by atoms with Gasteiger partial charge in [0.25, 0.3) is 5.91 Å². The molecule has 3 N–H and O–H groups in total. The van der Waals surface area contributed by atoms with E-state index in [4.69, 9.17) is 5.73 Å². The highest BCUT2D eigenvalue weighted by Crippen LogP contribution is 2.30. The second-order valence-electron chi connectivity index (χ2n) is 2.43. The van der Waals surface area contributed by atoms with Crippen LogP contribution in [0.3, 0.4) is 0 Å². The van der Waals surface area contributed by atoms with Crippen molar-refractivity contribution in [2.75, 3.05) is 0 Å². The van der Waals surface area contributed by atoms with E-state index in [1.165, 1.54) is 6.92 Å². The number of nitrogens with zero attached hydrogens (tertiary/aromatic N) is 1. The molecule has 1 heterocycles. The Labute approximate surface area is 70.9 Å². The molecule has 0 saturated heterocycles. The Morgan fingerprint density at radius 1 is 1.54 bits per heavy atom. The molecule has 1 aromatic heterocycles. The molecule has 1 rings (SSSR count). The Morgan fingerprint density at radius 3 is 2.38 bits per heavy atom. The average Bonchev–Trinajstić information content (AvgIpc) is 2.28. The first-order valence-corrected chi connectivity index (χ1v) is 3.26. The normalized spacial score (nSPS) is 11.7. The van der Waals surface area contributed by atoms with Gasteiger partial charge in [-0.25, -0.2) is 0 Å². The highest BCUT2D eigenvalue weighted by atomic mass is 19.4. The van der Waals surface area contributed by atoms with Crippen LogP contribution in [0.25, 0.3) is 0 Å².